The Balaban J connectivity index is 2.58. The van der Waals surface area contributed by atoms with E-state index in [1.807, 2.05) is 19.1 Å². The summed E-state index contributed by atoms with van der Waals surface area (Å²) < 4.78 is 0. The second kappa shape index (κ2) is 5.30. The van der Waals surface area contributed by atoms with Gasteiger partial charge in [-0.05, 0) is 25.0 Å². The number of thiophene rings is 1. The third-order valence-corrected chi connectivity index (χ3v) is 3.69. The van der Waals surface area contributed by atoms with Gasteiger partial charge in [0.25, 0.3) is 0 Å². The molecule has 0 amide bonds. The van der Waals surface area contributed by atoms with Crippen LogP contribution in [0.4, 0.5) is 0 Å². The van der Waals surface area contributed by atoms with E-state index in [9.17, 15) is 4.79 Å². The van der Waals surface area contributed by atoms with Crippen LogP contribution >= 0.6 is 11.3 Å². The molecule has 0 aliphatic heterocycles. The van der Waals surface area contributed by atoms with Gasteiger partial charge in [0, 0.05) is 11.3 Å². The van der Waals surface area contributed by atoms with E-state index >= 15 is 0 Å². The Morgan fingerprint density at radius 2 is 2.00 bits per heavy atom. The van der Waals surface area contributed by atoms with Crippen LogP contribution in [0.3, 0.4) is 0 Å². The summed E-state index contributed by atoms with van der Waals surface area (Å²) >= 11 is 1.61. The molecule has 1 aromatic rings. The van der Waals surface area contributed by atoms with Crippen LogP contribution < -0.4 is 0 Å². The molecule has 1 rings (SSSR count). The minimum absolute atomic E-state index is 0.316. The Bertz CT molecular complexity index is 297. The predicted octanol–water partition coefficient (Wildman–Crippen LogP) is 4.07. The second-order valence-electron chi connectivity index (χ2n) is 3.72. The lowest BCUT2D eigenvalue weighted by Gasteiger charge is -2.09. The molecule has 78 valence electrons. The van der Waals surface area contributed by atoms with Gasteiger partial charge in [-0.1, -0.05) is 26.7 Å². The van der Waals surface area contributed by atoms with Crippen LogP contribution in [0.5, 0.6) is 0 Å². The Kier molecular flexibility index (Phi) is 4.33. The SMILES string of the molecule is CCC(CC)CC(=O)c1ccc(C)s1. The molecule has 1 aromatic heterocycles. The van der Waals surface area contributed by atoms with E-state index < -0.39 is 0 Å². The van der Waals surface area contributed by atoms with Crippen molar-refractivity contribution in [3.05, 3.63) is 21.9 Å². The van der Waals surface area contributed by atoms with Crippen LogP contribution in [0.2, 0.25) is 0 Å². The molecule has 0 aliphatic rings. The van der Waals surface area contributed by atoms with E-state index in [4.69, 9.17) is 0 Å². The van der Waals surface area contributed by atoms with Crippen molar-refractivity contribution in [2.75, 3.05) is 0 Å². The summed E-state index contributed by atoms with van der Waals surface area (Å²) in [6, 6.07) is 3.97. The molecule has 0 saturated heterocycles. The van der Waals surface area contributed by atoms with Gasteiger partial charge in [0.15, 0.2) is 5.78 Å². The molecule has 0 saturated carbocycles. The molecule has 1 heterocycles. The van der Waals surface area contributed by atoms with E-state index in [0.717, 1.165) is 17.7 Å². The van der Waals surface area contributed by atoms with Crippen molar-refractivity contribution in [3.63, 3.8) is 0 Å². The summed E-state index contributed by atoms with van der Waals surface area (Å²) in [6.07, 6.45) is 2.92. The third-order valence-electron chi connectivity index (χ3n) is 2.64. The molecule has 0 N–H and O–H groups in total. The zero-order chi connectivity index (χ0) is 10.6. The van der Waals surface area contributed by atoms with Crippen LogP contribution in [0, 0.1) is 12.8 Å². The topological polar surface area (TPSA) is 17.1 Å². The molecular formula is C12H18OS. The van der Waals surface area contributed by atoms with Gasteiger partial charge >= 0.3 is 0 Å². The number of Topliss-reactive ketones (excluding diaryl/α,β-unsaturated/α-hetero) is 1. The monoisotopic (exact) mass is 210 g/mol. The second-order valence-corrected chi connectivity index (χ2v) is 5.01. The fourth-order valence-electron chi connectivity index (χ4n) is 1.52. The smallest absolute Gasteiger partial charge is 0.173 e. The number of aryl methyl sites for hydroxylation is 1. The number of ketones is 1. The van der Waals surface area contributed by atoms with Gasteiger partial charge in [-0.3, -0.25) is 4.79 Å². The minimum Gasteiger partial charge on any atom is -0.293 e. The summed E-state index contributed by atoms with van der Waals surface area (Å²) in [5, 5.41) is 0. The average Bonchev–Trinajstić information content (AvgIpc) is 2.61. The lowest BCUT2D eigenvalue weighted by Crippen LogP contribution is -2.05. The van der Waals surface area contributed by atoms with Crippen molar-refractivity contribution in [2.24, 2.45) is 5.92 Å². The standard InChI is InChI=1S/C12H18OS/c1-4-10(5-2)8-11(13)12-7-6-9(3)14-12/h6-7,10H,4-5,8H2,1-3H3. The van der Waals surface area contributed by atoms with Crippen LogP contribution in [0.25, 0.3) is 0 Å². The molecular weight excluding hydrogens is 192 g/mol. The van der Waals surface area contributed by atoms with Gasteiger partial charge < -0.3 is 0 Å². The van der Waals surface area contributed by atoms with Gasteiger partial charge in [0.05, 0.1) is 4.88 Å². The minimum atomic E-state index is 0.316. The average molecular weight is 210 g/mol. The molecule has 0 bridgehead atoms. The zero-order valence-electron chi connectivity index (χ0n) is 9.17. The number of hydrogen-bond acceptors (Lipinski definition) is 2. The highest BCUT2D eigenvalue weighted by Crippen LogP contribution is 2.21. The van der Waals surface area contributed by atoms with E-state index in [-0.39, 0.29) is 0 Å². The quantitative estimate of drug-likeness (QED) is 0.670. The molecule has 0 aliphatic carbocycles. The lowest BCUT2D eigenvalue weighted by molar-refractivity contribution is 0.0962. The highest BCUT2D eigenvalue weighted by Gasteiger charge is 2.13. The fourth-order valence-corrected chi connectivity index (χ4v) is 2.34. The van der Waals surface area contributed by atoms with Gasteiger partial charge in [0.2, 0.25) is 0 Å². The Morgan fingerprint density at radius 1 is 1.36 bits per heavy atom. The third kappa shape index (κ3) is 2.95. The normalized spacial score (nSPS) is 10.9. The summed E-state index contributed by atoms with van der Waals surface area (Å²) in [7, 11) is 0. The van der Waals surface area contributed by atoms with Gasteiger partial charge in [0.1, 0.15) is 0 Å². The maximum atomic E-state index is 11.8. The Labute approximate surface area is 90.2 Å². The summed E-state index contributed by atoms with van der Waals surface area (Å²) in [5.74, 6) is 0.877. The Morgan fingerprint density at radius 3 is 2.43 bits per heavy atom. The number of carbonyl (C=O) groups excluding carboxylic acids is 1. The number of hydrogen-bond donors (Lipinski definition) is 0. The van der Waals surface area contributed by atoms with E-state index in [1.54, 1.807) is 11.3 Å². The fraction of sp³-hybridized carbons (Fsp3) is 0.583. The molecule has 0 unspecified atom stereocenters. The largest absolute Gasteiger partial charge is 0.293 e. The number of carbonyl (C=O) groups is 1. The summed E-state index contributed by atoms with van der Waals surface area (Å²) in [6.45, 7) is 6.35. The molecule has 0 fully saturated rings. The van der Waals surface area contributed by atoms with Crippen LogP contribution in [0.15, 0.2) is 12.1 Å². The first-order valence-corrected chi connectivity index (χ1v) is 6.08. The van der Waals surface area contributed by atoms with Crippen molar-refractivity contribution in [2.45, 2.75) is 40.0 Å². The van der Waals surface area contributed by atoms with Crippen molar-refractivity contribution < 1.29 is 4.79 Å². The van der Waals surface area contributed by atoms with Gasteiger partial charge in [-0.2, -0.15) is 0 Å². The molecule has 14 heavy (non-hydrogen) atoms. The van der Waals surface area contributed by atoms with Crippen LogP contribution in [0.1, 0.15) is 47.7 Å². The summed E-state index contributed by atoms with van der Waals surface area (Å²) in [5.41, 5.74) is 0. The van der Waals surface area contributed by atoms with Crippen LogP contribution in [-0.4, -0.2) is 5.78 Å². The summed E-state index contributed by atoms with van der Waals surface area (Å²) in [4.78, 5) is 13.9. The van der Waals surface area contributed by atoms with E-state index in [0.29, 0.717) is 18.1 Å². The Hall–Kier alpha value is -0.630. The van der Waals surface area contributed by atoms with Crippen molar-refractivity contribution in [3.8, 4) is 0 Å². The highest BCUT2D eigenvalue weighted by molar-refractivity contribution is 7.14. The molecule has 0 radical (unpaired) electrons. The van der Waals surface area contributed by atoms with E-state index in [2.05, 4.69) is 13.8 Å². The first-order chi connectivity index (χ1) is 6.67. The zero-order valence-corrected chi connectivity index (χ0v) is 9.99. The van der Waals surface area contributed by atoms with Crippen molar-refractivity contribution in [1.29, 1.82) is 0 Å². The number of rotatable bonds is 5. The van der Waals surface area contributed by atoms with Gasteiger partial charge in [-0.25, -0.2) is 0 Å². The maximum absolute atomic E-state index is 11.8. The van der Waals surface area contributed by atoms with Crippen LogP contribution in [-0.2, 0) is 0 Å². The predicted molar refractivity (Wildman–Crippen MR) is 62.1 cm³/mol. The van der Waals surface area contributed by atoms with Crippen molar-refractivity contribution in [1.82, 2.24) is 0 Å². The lowest BCUT2D eigenvalue weighted by atomic mass is 9.96. The molecule has 1 nitrogen and oxygen atoms in total. The molecule has 0 spiro atoms. The first kappa shape index (κ1) is 11.4. The molecule has 0 aromatic carbocycles. The molecule has 0 atom stereocenters. The first-order valence-electron chi connectivity index (χ1n) is 5.27. The van der Waals surface area contributed by atoms with Gasteiger partial charge in [-0.15, -0.1) is 11.3 Å². The molecule has 2 heteroatoms. The maximum Gasteiger partial charge on any atom is 0.173 e. The van der Waals surface area contributed by atoms with E-state index in [1.165, 1.54) is 4.88 Å². The van der Waals surface area contributed by atoms with Crippen molar-refractivity contribution >= 4 is 17.1 Å². The highest BCUT2D eigenvalue weighted by atomic mass is 32.1.